The fourth-order valence-corrected chi connectivity index (χ4v) is 3.80. The van der Waals surface area contributed by atoms with Gasteiger partial charge in [-0.25, -0.2) is 0 Å². The number of nitrogens with one attached hydrogen (secondary N) is 1. The van der Waals surface area contributed by atoms with E-state index in [4.69, 9.17) is 4.52 Å². The summed E-state index contributed by atoms with van der Waals surface area (Å²) in [6.07, 6.45) is 5.04. The van der Waals surface area contributed by atoms with E-state index in [1.165, 1.54) is 0 Å². The third-order valence-electron chi connectivity index (χ3n) is 5.13. The number of carbonyl (C=O) groups is 2. The number of aryl methyl sites for hydroxylation is 1. The Bertz CT molecular complexity index is 698. The lowest BCUT2D eigenvalue weighted by atomic mass is 9.87. The number of carbonyl (C=O) groups excluding carboxylic acids is 2. The molecule has 3 heterocycles. The van der Waals surface area contributed by atoms with Crippen LogP contribution in [-0.4, -0.2) is 46.3 Å². The maximum atomic E-state index is 12.7. The van der Waals surface area contributed by atoms with Crippen molar-refractivity contribution < 1.29 is 14.1 Å². The van der Waals surface area contributed by atoms with Gasteiger partial charge in [0.1, 0.15) is 11.4 Å². The Morgan fingerprint density at radius 1 is 1.26 bits per heavy atom. The number of likely N-dealkylation sites (tertiary alicyclic amines) is 1. The van der Waals surface area contributed by atoms with Crippen LogP contribution in [0.15, 0.2) is 9.52 Å². The highest BCUT2D eigenvalue weighted by molar-refractivity contribution is 6.07. The summed E-state index contributed by atoms with van der Waals surface area (Å²) in [5.41, 5.74) is 1.24. The van der Waals surface area contributed by atoms with Crippen LogP contribution in [0.4, 0.5) is 0 Å². The summed E-state index contributed by atoms with van der Waals surface area (Å²) in [7, 11) is 0. The van der Waals surface area contributed by atoms with Gasteiger partial charge in [-0.05, 0) is 45.4 Å². The number of nitrogens with zero attached hydrogens (tertiary/aromatic N) is 3. The molecule has 23 heavy (non-hydrogen) atoms. The van der Waals surface area contributed by atoms with Crippen molar-refractivity contribution >= 4 is 17.6 Å². The maximum absolute atomic E-state index is 12.7. The van der Waals surface area contributed by atoms with E-state index in [-0.39, 0.29) is 11.8 Å². The van der Waals surface area contributed by atoms with Crippen LogP contribution in [-0.2, 0) is 17.6 Å². The first kappa shape index (κ1) is 14.4. The molecule has 1 aromatic rings. The molecule has 1 aliphatic carbocycles. The van der Waals surface area contributed by atoms with E-state index in [1.807, 2.05) is 0 Å². The lowest BCUT2D eigenvalue weighted by Gasteiger charge is -2.35. The largest absolute Gasteiger partial charge is 0.350 e. The number of piperidine rings is 1. The summed E-state index contributed by atoms with van der Waals surface area (Å²) >= 11 is 0. The number of fused-ring (bicyclic) bond motifs is 1. The minimum absolute atomic E-state index is 0.0425. The highest BCUT2D eigenvalue weighted by Gasteiger charge is 2.46. The van der Waals surface area contributed by atoms with Gasteiger partial charge in [0.2, 0.25) is 5.76 Å². The number of aromatic nitrogens is 1. The standard InChI is InChI=1S/C16H20N4O3/c1-10-17-15(22)16(18-10)6-8-20(9-7-16)14(21)13-11-4-2-3-5-12(11)19-23-13/h2-9H2,1H3,(H,17,18,22). The SMILES string of the molecule is CC1=NC2(CCN(C(=O)c3onc4c3CCCC4)CC2)C(=O)N1. The van der Waals surface area contributed by atoms with E-state index in [2.05, 4.69) is 15.5 Å². The maximum Gasteiger partial charge on any atom is 0.292 e. The number of amidine groups is 1. The predicted molar refractivity (Wildman–Crippen MR) is 82.3 cm³/mol. The predicted octanol–water partition coefficient (Wildman–Crippen LogP) is 1.08. The molecule has 0 bridgehead atoms. The molecular weight excluding hydrogens is 296 g/mol. The molecule has 7 nitrogen and oxygen atoms in total. The second-order valence-corrected chi connectivity index (χ2v) is 6.62. The summed E-state index contributed by atoms with van der Waals surface area (Å²) in [5.74, 6) is 0.916. The third kappa shape index (κ3) is 2.26. The van der Waals surface area contributed by atoms with Crippen LogP contribution < -0.4 is 5.32 Å². The fraction of sp³-hybridized carbons (Fsp3) is 0.625. The minimum Gasteiger partial charge on any atom is -0.350 e. The Labute approximate surface area is 134 Å². The first-order chi connectivity index (χ1) is 11.1. The van der Waals surface area contributed by atoms with E-state index in [1.54, 1.807) is 11.8 Å². The van der Waals surface area contributed by atoms with Crippen molar-refractivity contribution in [3.8, 4) is 0 Å². The molecule has 1 fully saturated rings. The van der Waals surface area contributed by atoms with Gasteiger partial charge in [-0.3, -0.25) is 14.6 Å². The van der Waals surface area contributed by atoms with Crippen molar-refractivity contribution in [3.05, 3.63) is 17.0 Å². The van der Waals surface area contributed by atoms with E-state index in [0.29, 0.717) is 37.5 Å². The molecule has 3 aliphatic rings. The molecule has 0 aromatic carbocycles. The molecule has 2 aliphatic heterocycles. The normalized spacial score (nSPS) is 22.7. The monoisotopic (exact) mass is 316 g/mol. The Hall–Kier alpha value is -2.18. The van der Waals surface area contributed by atoms with Crippen LogP contribution >= 0.6 is 0 Å². The van der Waals surface area contributed by atoms with Crippen molar-refractivity contribution in [2.24, 2.45) is 4.99 Å². The van der Waals surface area contributed by atoms with Gasteiger partial charge in [-0.15, -0.1) is 0 Å². The van der Waals surface area contributed by atoms with Crippen molar-refractivity contribution in [2.75, 3.05) is 13.1 Å². The van der Waals surface area contributed by atoms with Gasteiger partial charge in [-0.2, -0.15) is 0 Å². The van der Waals surface area contributed by atoms with Crippen molar-refractivity contribution in [3.63, 3.8) is 0 Å². The molecule has 7 heteroatoms. The molecular formula is C16H20N4O3. The molecule has 2 amide bonds. The van der Waals surface area contributed by atoms with Crippen LogP contribution in [0.25, 0.3) is 0 Å². The highest BCUT2D eigenvalue weighted by Crippen LogP contribution is 2.31. The first-order valence-electron chi connectivity index (χ1n) is 8.24. The summed E-state index contributed by atoms with van der Waals surface area (Å²) in [6, 6.07) is 0. The number of amides is 2. The van der Waals surface area contributed by atoms with Gasteiger partial charge in [0.15, 0.2) is 0 Å². The van der Waals surface area contributed by atoms with Crippen LogP contribution in [0.2, 0.25) is 0 Å². The first-order valence-corrected chi connectivity index (χ1v) is 8.24. The van der Waals surface area contributed by atoms with Crippen LogP contribution in [0, 0.1) is 0 Å². The average molecular weight is 316 g/mol. The zero-order chi connectivity index (χ0) is 16.0. The molecule has 1 aromatic heterocycles. The lowest BCUT2D eigenvalue weighted by Crippen LogP contribution is -2.50. The number of hydrogen-bond donors (Lipinski definition) is 1. The van der Waals surface area contributed by atoms with E-state index >= 15 is 0 Å². The summed E-state index contributed by atoms with van der Waals surface area (Å²) in [4.78, 5) is 31.1. The van der Waals surface area contributed by atoms with Crippen LogP contribution in [0.5, 0.6) is 0 Å². The van der Waals surface area contributed by atoms with Crippen LogP contribution in [0.3, 0.4) is 0 Å². The van der Waals surface area contributed by atoms with Gasteiger partial charge in [0.25, 0.3) is 11.8 Å². The minimum atomic E-state index is -0.679. The fourth-order valence-electron chi connectivity index (χ4n) is 3.80. The summed E-state index contributed by atoms with van der Waals surface area (Å²) in [6.45, 7) is 2.82. The third-order valence-corrected chi connectivity index (χ3v) is 5.13. The Kier molecular flexibility index (Phi) is 3.25. The zero-order valence-electron chi connectivity index (χ0n) is 13.2. The highest BCUT2D eigenvalue weighted by atomic mass is 16.5. The van der Waals surface area contributed by atoms with Crippen molar-refractivity contribution in [1.82, 2.24) is 15.4 Å². The Morgan fingerprint density at radius 3 is 2.70 bits per heavy atom. The average Bonchev–Trinajstić information content (AvgIpc) is 3.09. The lowest BCUT2D eigenvalue weighted by molar-refractivity contribution is -0.125. The smallest absolute Gasteiger partial charge is 0.292 e. The van der Waals surface area contributed by atoms with Gasteiger partial charge in [-0.1, -0.05) is 5.16 Å². The molecule has 0 saturated carbocycles. The van der Waals surface area contributed by atoms with Crippen molar-refractivity contribution in [1.29, 1.82) is 0 Å². The summed E-state index contributed by atoms with van der Waals surface area (Å²) < 4.78 is 5.34. The van der Waals surface area contributed by atoms with E-state index in [0.717, 1.165) is 36.9 Å². The molecule has 1 N–H and O–H groups in total. The van der Waals surface area contributed by atoms with Gasteiger partial charge >= 0.3 is 0 Å². The van der Waals surface area contributed by atoms with E-state index in [9.17, 15) is 9.59 Å². The summed E-state index contributed by atoms with van der Waals surface area (Å²) in [5, 5.41) is 6.83. The zero-order valence-corrected chi connectivity index (χ0v) is 13.2. The molecule has 4 rings (SSSR count). The molecule has 1 saturated heterocycles. The number of rotatable bonds is 1. The molecule has 0 radical (unpaired) electrons. The van der Waals surface area contributed by atoms with Crippen LogP contribution in [0.1, 0.15) is 54.4 Å². The second-order valence-electron chi connectivity index (χ2n) is 6.62. The van der Waals surface area contributed by atoms with Gasteiger partial charge < -0.3 is 14.7 Å². The topological polar surface area (TPSA) is 87.8 Å². The number of aliphatic imine (C=N–C) groups is 1. The van der Waals surface area contributed by atoms with Gasteiger partial charge in [0, 0.05) is 18.7 Å². The number of hydrogen-bond acceptors (Lipinski definition) is 5. The Balaban J connectivity index is 1.50. The Morgan fingerprint density at radius 2 is 2.00 bits per heavy atom. The molecule has 0 unspecified atom stereocenters. The van der Waals surface area contributed by atoms with Gasteiger partial charge in [0.05, 0.1) is 5.69 Å². The molecule has 0 atom stereocenters. The second kappa shape index (κ2) is 5.18. The quantitative estimate of drug-likeness (QED) is 0.839. The molecule has 1 spiro atoms. The van der Waals surface area contributed by atoms with Crippen molar-refractivity contribution in [2.45, 2.75) is 51.0 Å². The van der Waals surface area contributed by atoms with E-state index < -0.39 is 5.54 Å². The molecule has 122 valence electrons.